The van der Waals surface area contributed by atoms with Crippen LogP contribution in [0.25, 0.3) is 0 Å². The monoisotopic (exact) mass is 266 g/mol. The van der Waals surface area contributed by atoms with Crippen LogP contribution in [0, 0.1) is 5.92 Å². The van der Waals surface area contributed by atoms with E-state index in [9.17, 15) is 0 Å². The predicted molar refractivity (Wildman–Crippen MR) is 80.3 cm³/mol. The molecule has 0 unspecified atom stereocenters. The molecule has 1 aliphatic heterocycles. The fraction of sp³-hybridized carbons (Fsp3) is 0.933. The Morgan fingerprint density at radius 3 is 2.67 bits per heavy atom. The minimum Gasteiger partial charge on any atom is -0.359 e. The van der Waals surface area contributed by atoms with Gasteiger partial charge in [-0.05, 0) is 25.2 Å². The first kappa shape index (κ1) is 12.8. The highest BCUT2D eigenvalue weighted by atomic mass is 32.2. The van der Waals surface area contributed by atoms with Gasteiger partial charge in [0.05, 0.1) is 0 Å². The second-order valence-corrected chi connectivity index (χ2v) is 7.34. The van der Waals surface area contributed by atoms with Crippen molar-refractivity contribution in [2.75, 3.05) is 12.3 Å². The highest BCUT2D eigenvalue weighted by molar-refractivity contribution is 8.14. The Morgan fingerprint density at radius 2 is 1.89 bits per heavy atom. The Bertz CT molecular complexity index is 302. The van der Waals surface area contributed by atoms with E-state index in [1.165, 1.54) is 75.1 Å². The molecule has 0 bridgehead atoms. The number of amidine groups is 1. The van der Waals surface area contributed by atoms with Gasteiger partial charge < -0.3 is 5.32 Å². The van der Waals surface area contributed by atoms with Gasteiger partial charge in [0.2, 0.25) is 0 Å². The molecule has 0 atom stereocenters. The lowest BCUT2D eigenvalue weighted by Gasteiger charge is -2.22. The van der Waals surface area contributed by atoms with E-state index in [0.29, 0.717) is 5.54 Å². The molecular formula is C15H26N2S. The molecule has 3 fully saturated rings. The third kappa shape index (κ3) is 3.04. The second-order valence-electron chi connectivity index (χ2n) is 6.38. The zero-order chi connectivity index (χ0) is 12.3. The Kier molecular flexibility index (Phi) is 4.17. The van der Waals surface area contributed by atoms with E-state index in [-0.39, 0.29) is 0 Å². The molecule has 0 aromatic carbocycles. The fourth-order valence-electron chi connectivity index (χ4n) is 3.74. The smallest absolute Gasteiger partial charge is 0.157 e. The SMILES string of the molecule is C1CCC(CCN=C2NC3(CCCC3)CS2)CC1. The van der Waals surface area contributed by atoms with Crippen molar-refractivity contribution in [2.45, 2.75) is 69.7 Å². The molecule has 1 N–H and O–H groups in total. The topological polar surface area (TPSA) is 24.4 Å². The molecule has 2 saturated carbocycles. The normalized spacial score (nSPS) is 30.1. The van der Waals surface area contributed by atoms with E-state index < -0.39 is 0 Å². The minimum atomic E-state index is 0.439. The van der Waals surface area contributed by atoms with Crippen molar-refractivity contribution >= 4 is 16.9 Å². The van der Waals surface area contributed by atoms with Crippen molar-refractivity contribution in [1.82, 2.24) is 5.32 Å². The maximum absolute atomic E-state index is 4.80. The van der Waals surface area contributed by atoms with Crippen LogP contribution in [-0.4, -0.2) is 23.0 Å². The van der Waals surface area contributed by atoms with Gasteiger partial charge in [0.25, 0.3) is 0 Å². The number of hydrogen-bond acceptors (Lipinski definition) is 2. The van der Waals surface area contributed by atoms with Gasteiger partial charge in [-0.15, -0.1) is 0 Å². The van der Waals surface area contributed by atoms with E-state index in [1.807, 2.05) is 11.8 Å². The van der Waals surface area contributed by atoms with Crippen LogP contribution in [0.4, 0.5) is 0 Å². The molecule has 1 saturated heterocycles. The zero-order valence-electron chi connectivity index (χ0n) is 11.4. The minimum absolute atomic E-state index is 0.439. The lowest BCUT2D eigenvalue weighted by molar-refractivity contribution is 0.343. The first-order valence-corrected chi connectivity index (χ1v) is 8.80. The summed E-state index contributed by atoms with van der Waals surface area (Å²) >= 11 is 1.96. The average Bonchev–Trinajstić information content (AvgIpc) is 3.02. The van der Waals surface area contributed by atoms with Gasteiger partial charge in [0, 0.05) is 17.8 Å². The van der Waals surface area contributed by atoms with Gasteiger partial charge in [-0.1, -0.05) is 56.7 Å². The van der Waals surface area contributed by atoms with Gasteiger partial charge in [-0.3, -0.25) is 4.99 Å². The molecule has 102 valence electrons. The van der Waals surface area contributed by atoms with E-state index in [2.05, 4.69) is 5.32 Å². The molecule has 3 rings (SSSR count). The number of aliphatic imine (C=N–C) groups is 1. The summed E-state index contributed by atoms with van der Waals surface area (Å²) in [5.41, 5.74) is 0.439. The molecule has 18 heavy (non-hydrogen) atoms. The summed E-state index contributed by atoms with van der Waals surface area (Å²) < 4.78 is 0. The summed E-state index contributed by atoms with van der Waals surface area (Å²) in [6.07, 6.45) is 14.1. The van der Waals surface area contributed by atoms with E-state index in [4.69, 9.17) is 4.99 Å². The zero-order valence-corrected chi connectivity index (χ0v) is 12.2. The molecule has 3 aliphatic rings. The number of rotatable bonds is 3. The largest absolute Gasteiger partial charge is 0.359 e. The van der Waals surface area contributed by atoms with Crippen LogP contribution in [0.15, 0.2) is 4.99 Å². The van der Waals surface area contributed by atoms with Crippen LogP contribution < -0.4 is 5.32 Å². The van der Waals surface area contributed by atoms with Crippen LogP contribution >= 0.6 is 11.8 Å². The second kappa shape index (κ2) is 5.85. The number of thioether (sulfide) groups is 1. The molecule has 3 heteroatoms. The molecule has 1 spiro atoms. The quantitative estimate of drug-likeness (QED) is 0.836. The molecule has 0 amide bonds. The van der Waals surface area contributed by atoms with Gasteiger partial charge in [0.15, 0.2) is 5.17 Å². The van der Waals surface area contributed by atoms with Crippen LogP contribution in [0.3, 0.4) is 0 Å². The predicted octanol–water partition coefficient (Wildman–Crippen LogP) is 3.96. The summed E-state index contributed by atoms with van der Waals surface area (Å²) in [6, 6.07) is 0. The third-order valence-corrected chi connectivity index (χ3v) is 6.14. The lowest BCUT2D eigenvalue weighted by Crippen LogP contribution is -2.40. The van der Waals surface area contributed by atoms with Gasteiger partial charge in [-0.25, -0.2) is 0 Å². The Labute approximate surface area is 115 Å². The first-order chi connectivity index (χ1) is 8.86. The van der Waals surface area contributed by atoms with Gasteiger partial charge in [-0.2, -0.15) is 0 Å². The molecule has 2 aliphatic carbocycles. The molecule has 0 aromatic rings. The van der Waals surface area contributed by atoms with Gasteiger partial charge >= 0.3 is 0 Å². The van der Waals surface area contributed by atoms with Crippen LogP contribution in [0.5, 0.6) is 0 Å². The maximum Gasteiger partial charge on any atom is 0.157 e. The highest BCUT2D eigenvalue weighted by Crippen LogP contribution is 2.37. The highest BCUT2D eigenvalue weighted by Gasteiger charge is 2.39. The van der Waals surface area contributed by atoms with Crippen LogP contribution in [-0.2, 0) is 0 Å². The van der Waals surface area contributed by atoms with Crippen LogP contribution in [0.2, 0.25) is 0 Å². The number of nitrogens with zero attached hydrogens (tertiary/aromatic N) is 1. The standard InChI is InChI=1S/C15H26N2S/c1-2-6-13(7-3-1)8-11-16-14-17-15(12-18-14)9-4-5-10-15/h13H,1-12H2,(H,16,17). The summed E-state index contributed by atoms with van der Waals surface area (Å²) in [5.74, 6) is 2.23. The van der Waals surface area contributed by atoms with Crippen molar-refractivity contribution in [3.05, 3.63) is 0 Å². The van der Waals surface area contributed by atoms with Crippen LogP contribution in [0.1, 0.15) is 64.2 Å². The van der Waals surface area contributed by atoms with Crippen molar-refractivity contribution in [1.29, 1.82) is 0 Å². The number of hydrogen-bond donors (Lipinski definition) is 1. The average molecular weight is 266 g/mol. The Morgan fingerprint density at radius 1 is 1.11 bits per heavy atom. The Hall–Kier alpha value is -0.180. The van der Waals surface area contributed by atoms with E-state index >= 15 is 0 Å². The lowest BCUT2D eigenvalue weighted by atomic mass is 9.87. The van der Waals surface area contributed by atoms with Crippen molar-refractivity contribution in [3.63, 3.8) is 0 Å². The molecule has 1 heterocycles. The Balaban J connectivity index is 1.43. The van der Waals surface area contributed by atoms with E-state index in [1.54, 1.807) is 0 Å². The fourth-order valence-corrected chi connectivity index (χ4v) is 4.98. The van der Waals surface area contributed by atoms with Crippen molar-refractivity contribution in [3.8, 4) is 0 Å². The van der Waals surface area contributed by atoms with Gasteiger partial charge in [0.1, 0.15) is 0 Å². The summed E-state index contributed by atoms with van der Waals surface area (Å²) in [5, 5.41) is 4.96. The summed E-state index contributed by atoms with van der Waals surface area (Å²) in [4.78, 5) is 4.80. The maximum atomic E-state index is 4.80. The molecule has 0 radical (unpaired) electrons. The van der Waals surface area contributed by atoms with Crippen molar-refractivity contribution < 1.29 is 0 Å². The first-order valence-electron chi connectivity index (χ1n) is 7.82. The van der Waals surface area contributed by atoms with E-state index in [0.717, 1.165) is 12.5 Å². The number of nitrogens with one attached hydrogen (secondary N) is 1. The third-order valence-electron chi connectivity index (χ3n) is 4.94. The molecule has 0 aromatic heterocycles. The summed E-state index contributed by atoms with van der Waals surface area (Å²) in [7, 11) is 0. The molecule has 2 nitrogen and oxygen atoms in total. The molecular weight excluding hydrogens is 240 g/mol. The summed E-state index contributed by atoms with van der Waals surface area (Å²) in [6.45, 7) is 1.05. The van der Waals surface area contributed by atoms with Crippen molar-refractivity contribution in [2.24, 2.45) is 10.9 Å².